The molecule has 0 aliphatic carbocycles. The summed E-state index contributed by atoms with van der Waals surface area (Å²) < 4.78 is 0. The molecule has 1 fully saturated rings. The highest BCUT2D eigenvalue weighted by molar-refractivity contribution is 5.91. The number of nitrogens with two attached hydrogens (primary N) is 1. The number of aryl methyl sites for hydroxylation is 1. The van der Waals surface area contributed by atoms with Crippen molar-refractivity contribution in [3.63, 3.8) is 0 Å². The highest BCUT2D eigenvalue weighted by Crippen LogP contribution is 2.17. The molecule has 1 aliphatic rings. The lowest BCUT2D eigenvalue weighted by Crippen LogP contribution is -2.45. The molecule has 2 unspecified atom stereocenters. The summed E-state index contributed by atoms with van der Waals surface area (Å²) in [5.74, 6) is -0.364. The third-order valence-electron chi connectivity index (χ3n) is 4.55. The first-order valence-corrected chi connectivity index (χ1v) is 8.50. The van der Waals surface area contributed by atoms with Crippen LogP contribution in [0.2, 0.25) is 0 Å². The smallest absolute Gasteiger partial charge is 0.245 e. The molecule has 0 radical (unpaired) electrons. The summed E-state index contributed by atoms with van der Waals surface area (Å²) in [6.45, 7) is 3.18. The summed E-state index contributed by atoms with van der Waals surface area (Å²) >= 11 is 0. The Morgan fingerprint density at radius 1 is 1.20 bits per heavy atom. The van der Waals surface area contributed by atoms with Crippen LogP contribution in [0.15, 0.2) is 54.6 Å². The quantitative estimate of drug-likeness (QED) is 0.875. The maximum atomic E-state index is 12.5. The molecule has 0 bridgehead atoms. The lowest BCUT2D eigenvalue weighted by atomic mass is 10.0. The van der Waals surface area contributed by atoms with E-state index < -0.39 is 12.1 Å². The summed E-state index contributed by atoms with van der Waals surface area (Å²) in [7, 11) is 0. The number of hydrogen-bond donors (Lipinski definition) is 2. The van der Waals surface area contributed by atoms with Crippen molar-refractivity contribution in [1.82, 2.24) is 10.2 Å². The van der Waals surface area contributed by atoms with Gasteiger partial charge < -0.3 is 16.0 Å². The fourth-order valence-electron chi connectivity index (χ4n) is 3.02. The van der Waals surface area contributed by atoms with Gasteiger partial charge in [0.2, 0.25) is 11.8 Å². The van der Waals surface area contributed by atoms with E-state index in [0.29, 0.717) is 19.5 Å². The molecule has 5 heteroatoms. The fraction of sp³-hybridized carbons (Fsp3) is 0.300. The molecule has 0 spiro atoms. The average molecular weight is 337 g/mol. The Balaban J connectivity index is 1.58. The SMILES string of the molecule is Cc1ccc(C(N)C(=O)NC2CCN(Cc3ccccc3)C2=O)cc1. The van der Waals surface area contributed by atoms with Crippen LogP contribution in [0.5, 0.6) is 0 Å². The van der Waals surface area contributed by atoms with Gasteiger partial charge in [-0.05, 0) is 24.5 Å². The minimum Gasteiger partial charge on any atom is -0.343 e. The normalized spacial score (nSPS) is 18.2. The summed E-state index contributed by atoms with van der Waals surface area (Å²) in [5.41, 5.74) is 8.97. The molecule has 1 saturated heterocycles. The van der Waals surface area contributed by atoms with Gasteiger partial charge in [0, 0.05) is 13.1 Å². The standard InChI is InChI=1S/C20H23N3O2/c1-14-7-9-16(10-8-14)18(21)19(24)22-17-11-12-23(20(17)25)13-15-5-3-2-4-6-15/h2-10,17-18H,11-13,21H2,1H3,(H,22,24). The van der Waals surface area contributed by atoms with Gasteiger partial charge in [-0.1, -0.05) is 60.2 Å². The number of amides is 2. The van der Waals surface area contributed by atoms with E-state index in [1.807, 2.05) is 61.5 Å². The molecule has 1 heterocycles. The van der Waals surface area contributed by atoms with Crippen LogP contribution in [0.3, 0.4) is 0 Å². The van der Waals surface area contributed by atoms with Gasteiger partial charge in [-0.15, -0.1) is 0 Å². The lowest BCUT2D eigenvalue weighted by Gasteiger charge is -2.19. The molecule has 5 nitrogen and oxygen atoms in total. The van der Waals surface area contributed by atoms with Crippen molar-refractivity contribution in [2.24, 2.45) is 5.73 Å². The number of nitrogens with one attached hydrogen (secondary N) is 1. The molecular formula is C20H23N3O2. The van der Waals surface area contributed by atoms with Crippen LogP contribution in [-0.2, 0) is 16.1 Å². The van der Waals surface area contributed by atoms with Gasteiger partial charge in [0.05, 0.1) is 0 Å². The Kier molecular flexibility index (Phi) is 5.14. The van der Waals surface area contributed by atoms with Crippen LogP contribution in [0, 0.1) is 6.92 Å². The molecule has 2 aromatic rings. The largest absolute Gasteiger partial charge is 0.343 e. The Morgan fingerprint density at radius 2 is 1.88 bits per heavy atom. The van der Waals surface area contributed by atoms with E-state index in [0.717, 1.165) is 16.7 Å². The van der Waals surface area contributed by atoms with Crippen molar-refractivity contribution >= 4 is 11.8 Å². The molecule has 1 aliphatic heterocycles. The third kappa shape index (κ3) is 4.06. The molecule has 0 saturated carbocycles. The van der Waals surface area contributed by atoms with Gasteiger partial charge in [0.25, 0.3) is 0 Å². The van der Waals surface area contributed by atoms with Crippen LogP contribution < -0.4 is 11.1 Å². The van der Waals surface area contributed by atoms with Gasteiger partial charge in [-0.2, -0.15) is 0 Å². The number of hydrogen-bond acceptors (Lipinski definition) is 3. The van der Waals surface area contributed by atoms with Gasteiger partial charge in [-0.3, -0.25) is 9.59 Å². The molecule has 0 aromatic heterocycles. The molecule has 2 aromatic carbocycles. The number of carbonyl (C=O) groups excluding carboxylic acids is 2. The Hall–Kier alpha value is -2.66. The Morgan fingerprint density at radius 3 is 2.56 bits per heavy atom. The summed E-state index contributed by atoms with van der Waals surface area (Å²) in [6.07, 6.45) is 0.609. The summed E-state index contributed by atoms with van der Waals surface area (Å²) in [4.78, 5) is 26.7. The van der Waals surface area contributed by atoms with E-state index >= 15 is 0 Å². The molecular weight excluding hydrogens is 314 g/mol. The van der Waals surface area contributed by atoms with Crippen molar-refractivity contribution in [2.45, 2.75) is 32.0 Å². The van der Waals surface area contributed by atoms with Crippen molar-refractivity contribution < 1.29 is 9.59 Å². The predicted octanol–water partition coefficient (Wildman–Crippen LogP) is 1.91. The Bertz CT molecular complexity index is 743. The van der Waals surface area contributed by atoms with Gasteiger partial charge in [0.15, 0.2) is 0 Å². The second-order valence-electron chi connectivity index (χ2n) is 6.48. The number of likely N-dealkylation sites (tertiary alicyclic amines) is 1. The number of carbonyl (C=O) groups is 2. The first-order chi connectivity index (χ1) is 12.0. The van der Waals surface area contributed by atoms with Crippen molar-refractivity contribution in [3.05, 3.63) is 71.3 Å². The van der Waals surface area contributed by atoms with E-state index in [9.17, 15) is 9.59 Å². The molecule has 25 heavy (non-hydrogen) atoms. The lowest BCUT2D eigenvalue weighted by molar-refractivity contribution is -0.133. The van der Waals surface area contributed by atoms with E-state index in [4.69, 9.17) is 5.73 Å². The molecule has 3 N–H and O–H groups in total. The first kappa shape index (κ1) is 17.2. The fourth-order valence-corrected chi connectivity index (χ4v) is 3.02. The second kappa shape index (κ2) is 7.49. The summed E-state index contributed by atoms with van der Waals surface area (Å²) in [5, 5.41) is 2.80. The number of benzene rings is 2. The third-order valence-corrected chi connectivity index (χ3v) is 4.55. The number of nitrogens with zero attached hydrogens (tertiary/aromatic N) is 1. The maximum absolute atomic E-state index is 12.5. The molecule has 3 rings (SSSR count). The van der Waals surface area contributed by atoms with Crippen LogP contribution in [0.4, 0.5) is 0 Å². The zero-order valence-electron chi connectivity index (χ0n) is 14.3. The van der Waals surface area contributed by atoms with Crippen LogP contribution in [-0.4, -0.2) is 29.3 Å². The predicted molar refractivity (Wildman–Crippen MR) is 96.5 cm³/mol. The first-order valence-electron chi connectivity index (χ1n) is 8.50. The van der Waals surface area contributed by atoms with Gasteiger partial charge >= 0.3 is 0 Å². The minimum atomic E-state index is -0.767. The molecule has 2 atom stereocenters. The van der Waals surface area contributed by atoms with Gasteiger partial charge in [0.1, 0.15) is 12.1 Å². The highest BCUT2D eigenvalue weighted by atomic mass is 16.2. The van der Waals surface area contributed by atoms with Crippen LogP contribution in [0.25, 0.3) is 0 Å². The van der Waals surface area contributed by atoms with E-state index in [1.54, 1.807) is 4.90 Å². The van der Waals surface area contributed by atoms with E-state index in [-0.39, 0.29) is 11.8 Å². The minimum absolute atomic E-state index is 0.0479. The number of rotatable bonds is 5. The van der Waals surface area contributed by atoms with Crippen molar-refractivity contribution in [2.75, 3.05) is 6.54 Å². The Labute approximate surface area is 147 Å². The second-order valence-corrected chi connectivity index (χ2v) is 6.48. The maximum Gasteiger partial charge on any atom is 0.245 e. The van der Waals surface area contributed by atoms with Crippen molar-refractivity contribution in [1.29, 1.82) is 0 Å². The molecule has 130 valence electrons. The zero-order valence-corrected chi connectivity index (χ0v) is 14.3. The zero-order chi connectivity index (χ0) is 17.8. The summed E-state index contributed by atoms with van der Waals surface area (Å²) in [6, 6.07) is 16.1. The monoisotopic (exact) mass is 337 g/mol. The van der Waals surface area contributed by atoms with Crippen LogP contribution in [0.1, 0.15) is 29.2 Å². The topological polar surface area (TPSA) is 75.4 Å². The van der Waals surface area contributed by atoms with Crippen molar-refractivity contribution in [3.8, 4) is 0 Å². The van der Waals surface area contributed by atoms with Gasteiger partial charge in [-0.25, -0.2) is 0 Å². The average Bonchev–Trinajstić information content (AvgIpc) is 2.96. The van der Waals surface area contributed by atoms with Crippen LogP contribution >= 0.6 is 0 Å². The highest BCUT2D eigenvalue weighted by Gasteiger charge is 2.33. The van der Waals surface area contributed by atoms with E-state index in [2.05, 4.69) is 5.32 Å². The molecule has 2 amide bonds. The van der Waals surface area contributed by atoms with E-state index in [1.165, 1.54) is 0 Å².